The van der Waals surface area contributed by atoms with Crippen molar-refractivity contribution in [3.63, 3.8) is 0 Å². The second-order valence-electron chi connectivity index (χ2n) is 22.7. The number of hydrogen-bond donors (Lipinski definition) is 0. The van der Waals surface area contributed by atoms with E-state index in [1.807, 2.05) is 0 Å². The lowest BCUT2D eigenvalue weighted by Gasteiger charge is -2.18. The van der Waals surface area contributed by atoms with Gasteiger partial charge in [-0.1, -0.05) is 328 Å². The first kappa shape index (κ1) is 71.9. The van der Waals surface area contributed by atoms with E-state index in [1.54, 1.807) is 0 Å². The zero-order chi connectivity index (χ0) is 53.6. The topological polar surface area (TPSA) is 78.9 Å². The van der Waals surface area contributed by atoms with Gasteiger partial charge < -0.3 is 14.2 Å². The lowest BCUT2D eigenvalue weighted by Crippen LogP contribution is -2.30. The summed E-state index contributed by atoms with van der Waals surface area (Å²) in [6, 6.07) is 0. The van der Waals surface area contributed by atoms with Gasteiger partial charge in [-0.15, -0.1) is 0 Å². The second kappa shape index (κ2) is 63.4. The molecule has 0 aromatic carbocycles. The summed E-state index contributed by atoms with van der Waals surface area (Å²) in [4.78, 5) is 38.4. The van der Waals surface area contributed by atoms with Crippen LogP contribution in [-0.4, -0.2) is 37.2 Å². The van der Waals surface area contributed by atoms with Crippen LogP contribution < -0.4 is 0 Å². The highest BCUT2D eigenvalue weighted by Crippen LogP contribution is 2.18. The molecule has 0 bridgehead atoms. The zero-order valence-corrected chi connectivity index (χ0v) is 50.1. The fourth-order valence-corrected chi connectivity index (χ4v) is 10.2. The van der Waals surface area contributed by atoms with Crippen LogP contribution in [0.2, 0.25) is 0 Å². The molecule has 0 heterocycles. The lowest BCUT2D eigenvalue weighted by atomic mass is 10.0. The standard InChI is InChI=1S/C68H128O6/c1-4-7-10-13-16-19-22-25-28-31-34-37-40-43-46-49-52-55-58-61-67(70)73-64-65(63-72-66(69)60-57-54-51-48-45-42-39-36-33-30-27-24-21-18-15-12-9-6-3)74-68(71)62-59-56-53-50-47-44-41-38-35-32-29-26-23-20-17-14-11-8-5-2/h16,19,25,28,65H,4-15,17-18,20-24,26-27,29-64H2,1-3H3/b19-16+,28-25+/t65-/m1/s1. The molecule has 1 atom stereocenters. The van der Waals surface area contributed by atoms with Crippen molar-refractivity contribution >= 4 is 17.9 Å². The molecule has 6 heteroatoms. The fraction of sp³-hybridized carbons (Fsp3) is 0.897. The third-order valence-corrected chi connectivity index (χ3v) is 15.2. The van der Waals surface area contributed by atoms with Gasteiger partial charge >= 0.3 is 17.9 Å². The van der Waals surface area contributed by atoms with Gasteiger partial charge in [0.2, 0.25) is 0 Å². The Labute approximate surface area is 462 Å². The van der Waals surface area contributed by atoms with Crippen molar-refractivity contribution in [3.05, 3.63) is 24.3 Å². The molecule has 0 unspecified atom stereocenters. The summed E-state index contributed by atoms with van der Waals surface area (Å²) < 4.78 is 17.0. The van der Waals surface area contributed by atoms with Crippen LogP contribution in [0.4, 0.5) is 0 Å². The molecule has 0 aromatic heterocycles. The van der Waals surface area contributed by atoms with Crippen molar-refractivity contribution in [2.45, 2.75) is 380 Å². The summed E-state index contributed by atoms with van der Waals surface area (Å²) in [5.41, 5.74) is 0. The summed E-state index contributed by atoms with van der Waals surface area (Å²) >= 11 is 0. The number of ether oxygens (including phenoxy) is 3. The summed E-state index contributed by atoms with van der Waals surface area (Å²) in [6.07, 6.45) is 76.1. The van der Waals surface area contributed by atoms with Crippen LogP contribution in [0.5, 0.6) is 0 Å². The average molecular weight is 1040 g/mol. The van der Waals surface area contributed by atoms with Crippen LogP contribution in [0.3, 0.4) is 0 Å². The third-order valence-electron chi connectivity index (χ3n) is 15.2. The van der Waals surface area contributed by atoms with Gasteiger partial charge in [0.05, 0.1) is 0 Å². The maximum atomic E-state index is 12.9. The Morgan fingerprint density at radius 2 is 0.486 bits per heavy atom. The number of esters is 3. The van der Waals surface area contributed by atoms with E-state index in [9.17, 15) is 14.4 Å². The van der Waals surface area contributed by atoms with Gasteiger partial charge in [0, 0.05) is 19.3 Å². The molecule has 0 rings (SSSR count). The Hall–Kier alpha value is -2.11. The van der Waals surface area contributed by atoms with Gasteiger partial charge in [-0.25, -0.2) is 0 Å². The maximum Gasteiger partial charge on any atom is 0.306 e. The minimum Gasteiger partial charge on any atom is -0.462 e. The van der Waals surface area contributed by atoms with Crippen molar-refractivity contribution in [2.75, 3.05) is 13.2 Å². The molecule has 0 spiro atoms. The second-order valence-corrected chi connectivity index (χ2v) is 22.7. The van der Waals surface area contributed by atoms with Gasteiger partial charge in [-0.3, -0.25) is 14.4 Å². The van der Waals surface area contributed by atoms with Crippen LogP contribution in [0.15, 0.2) is 24.3 Å². The third kappa shape index (κ3) is 60.8. The van der Waals surface area contributed by atoms with Gasteiger partial charge in [0.15, 0.2) is 6.10 Å². The van der Waals surface area contributed by atoms with Gasteiger partial charge in [-0.2, -0.15) is 0 Å². The highest BCUT2D eigenvalue weighted by atomic mass is 16.6. The molecule has 6 nitrogen and oxygen atoms in total. The molecule has 0 saturated heterocycles. The van der Waals surface area contributed by atoms with E-state index in [0.717, 1.165) is 64.2 Å². The van der Waals surface area contributed by atoms with Gasteiger partial charge in [-0.05, 0) is 51.4 Å². The highest BCUT2D eigenvalue weighted by Gasteiger charge is 2.19. The molecule has 0 aromatic rings. The molecule has 0 amide bonds. The van der Waals surface area contributed by atoms with Crippen LogP contribution in [0.1, 0.15) is 374 Å². The Kier molecular flexibility index (Phi) is 61.6. The van der Waals surface area contributed by atoms with Crippen LogP contribution >= 0.6 is 0 Å². The SMILES string of the molecule is CCCCC/C=C/C/C=C/CCCCCCCCCCCC(=O)OC[C@@H](COC(=O)CCCCCCCCCCCCCCCCCCCC)OC(=O)CCCCCCCCCCCCCCCCCCCCC. The van der Waals surface area contributed by atoms with Gasteiger partial charge in [0.25, 0.3) is 0 Å². The molecule has 74 heavy (non-hydrogen) atoms. The Balaban J connectivity index is 4.31. The Morgan fingerprint density at radius 3 is 0.770 bits per heavy atom. The minimum absolute atomic E-state index is 0.0658. The molecule has 0 radical (unpaired) electrons. The summed E-state index contributed by atoms with van der Waals surface area (Å²) in [6.45, 7) is 6.69. The summed E-state index contributed by atoms with van der Waals surface area (Å²) in [5, 5.41) is 0. The molecule has 0 aliphatic carbocycles. The first-order chi connectivity index (χ1) is 36.5. The molecule has 0 aliphatic heterocycles. The van der Waals surface area contributed by atoms with E-state index in [-0.39, 0.29) is 31.1 Å². The van der Waals surface area contributed by atoms with Crippen molar-refractivity contribution in [1.82, 2.24) is 0 Å². The highest BCUT2D eigenvalue weighted by molar-refractivity contribution is 5.71. The normalized spacial score (nSPS) is 12.1. The van der Waals surface area contributed by atoms with E-state index < -0.39 is 6.10 Å². The van der Waals surface area contributed by atoms with Crippen LogP contribution in [0, 0.1) is 0 Å². The van der Waals surface area contributed by atoms with Crippen molar-refractivity contribution in [2.24, 2.45) is 0 Å². The molecule has 0 fully saturated rings. The summed E-state index contributed by atoms with van der Waals surface area (Å²) in [5.74, 6) is -0.838. The number of hydrogen-bond acceptors (Lipinski definition) is 6. The molecule has 0 aliphatic rings. The first-order valence-electron chi connectivity index (χ1n) is 33.3. The molecule has 0 saturated carbocycles. The van der Waals surface area contributed by atoms with Crippen molar-refractivity contribution in [3.8, 4) is 0 Å². The zero-order valence-electron chi connectivity index (χ0n) is 50.1. The largest absolute Gasteiger partial charge is 0.462 e. The predicted molar refractivity (Wildman–Crippen MR) is 321 cm³/mol. The molecule has 0 N–H and O–H groups in total. The average Bonchev–Trinajstić information content (AvgIpc) is 3.40. The van der Waals surface area contributed by atoms with Crippen LogP contribution in [0.25, 0.3) is 0 Å². The summed E-state index contributed by atoms with van der Waals surface area (Å²) in [7, 11) is 0. The first-order valence-corrected chi connectivity index (χ1v) is 33.3. The van der Waals surface area contributed by atoms with E-state index >= 15 is 0 Å². The van der Waals surface area contributed by atoms with Crippen LogP contribution in [-0.2, 0) is 28.6 Å². The van der Waals surface area contributed by atoms with E-state index in [0.29, 0.717) is 19.3 Å². The minimum atomic E-state index is -0.769. The molecular formula is C68H128O6. The van der Waals surface area contributed by atoms with Crippen molar-refractivity contribution < 1.29 is 28.6 Å². The molecule has 436 valence electrons. The smallest absolute Gasteiger partial charge is 0.306 e. The van der Waals surface area contributed by atoms with E-state index in [4.69, 9.17) is 14.2 Å². The predicted octanol–water partition coefficient (Wildman–Crippen LogP) is 22.6. The lowest BCUT2D eigenvalue weighted by molar-refractivity contribution is -0.167. The van der Waals surface area contributed by atoms with Gasteiger partial charge in [0.1, 0.15) is 13.2 Å². The number of allylic oxidation sites excluding steroid dienone is 4. The Bertz CT molecular complexity index is 1190. The van der Waals surface area contributed by atoms with E-state index in [2.05, 4.69) is 45.1 Å². The quantitative estimate of drug-likeness (QED) is 0.0261. The number of carbonyl (C=O) groups excluding carboxylic acids is 3. The fourth-order valence-electron chi connectivity index (χ4n) is 10.2. The molecular weight excluding hydrogens is 913 g/mol. The maximum absolute atomic E-state index is 12.9. The van der Waals surface area contributed by atoms with E-state index in [1.165, 1.54) is 270 Å². The number of rotatable bonds is 62. The van der Waals surface area contributed by atoms with Crippen molar-refractivity contribution in [1.29, 1.82) is 0 Å². The Morgan fingerprint density at radius 1 is 0.270 bits per heavy atom. The number of unbranched alkanes of at least 4 members (excludes halogenated alkanes) is 47. The monoisotopic (exact) mass is 1040 g/mol. The number of carbonyl (C=O) groups is 3.